The average molecular weight is 299 g/mol. The first kappa shape index (κ1) is 11.3. The molecule has 1 atom stereocenters. The zero-order valence-corrected chi connectivity index (χ0v) is 11.5. The van der Waals surface area contributed by atoms with Gasteiger partial charge in [-0.2, -0.15) is 0 Å². The monoisotopic (exact) mass is 300 g/mol. The van der Waals surface area contributed by atoms with E-state index < -0.39 is 13.8 Å². The minimum absolute atomic E-state index is 0.939. The van der Waals surface area contributed by atoms with Crippen LogP contribution in [-0.4, -0.2) is 13.8 Å². The SMILES string of the molecule is O=[Se](c1ccccc1)c1cccc2ccccc12. The third-order valence-corrected chi connectivity index (χ3v) is 5.96. The summed E-state index contributed by atoms with van der Waals surface area (Å²) in [4.78, 5) is 0. The van der Waals surface area contributed by atoms with Gasteiger partial charge in [0.15, 0.2) is 0 Å². The second-order valence-electron chi connectivity index (χ2n) is 4.06. The van der Waals surface area contributed by atoms with Crippen LogP contribution in [0.5, 0.6) is 0 Å². The molecule has 0 aliphatic carbocycles. The van der Waals surface area contributed by atoms with Crippen LogP contribution in [0.4, 0.5) is 0 Å². The molecule has 1 unspecified atom stereocenters. The molecule has 0 spiro atoms. The van der Waals surface area contributed by atoms with Crippen molar-refractivity contribution in [3.8, 4) is 0 Å². The van der Waals surface area contributed by atoms with Crippen LogP contribution in [-0.2, 0) is 3.83 Å². The van der Waals surface area contributed by atoms with E-state index in [9.17, 15) is 3.83 Å². The molecule has 3 aromatic rings. The molecule has 0 fully saturated rings. The number of rotatable bonds is 2. The summed E-state index contributed by atoms with van der Waals surface area (Å²) in [5.74, 6) is 0. The Labute approximate surface area is 110 Å². The van der Waals surface area contributed by atoms with Crippen LogP contribution >= 0.6 is 0 Å². The molecule has 0 aromatic heterocycles. The number of hydrogen-bond donors (Lipinski definition) is 0. The molecule has 3 aromatic carbocycles. The van der Waals surface area contributed by atoms with Gasteiger partial charge in [0, 0.05) is 0 Å². The van der Waals surface area contributed by atoms with Crippen LogP contribution in [0.2, 0.25) is 0 Å². The third-order valence-electron chi connectivity index (χ3n) is 2.91. The number of fused-ring (bicyclic) bond motifs is 1. The van der Waals surface area contributed by atoms with Gasteiger partial charge in [-0.1, -0.05) is 0 Å². The molecule has 0 saturated carbocycles. The molecule has 3 rings (SSSR count). The van der Waals surface area contributed by atoms with Gasteiger partial charge in [-0.15, -0.1) is 0 Å². The Balaban J connectivity index is 2.18. The summed E-state index contributed by atoms with van der Waals surface area (Å²) in [7, 11) is 0. The van der Waals surface area contributed by atoms with Crippen LogP contribution < -0.4 is 8.92 Å². The van der Waals surface area contributed by atoms with Crippen LogP contribution in [0, 0.1) is 0 Å². The summed E-state index contributed by atoms with van der Waals surface area (Å²) in [6.45, 7) is 0. The minimum atomic E-state index is -2.17. The molecule has 0 N–H and O–H groups in total. The summed E-state index contributed by atoms with van der Waals surface area (Å²) in [6.07, 6.45) is 0. The van der Waals surface area contributed by atoms with Crippen molar-refractivity contribution in [1.82, 2.24) is 0 Å². The molecule has 1 nitrogen and oxygen atoms in total. The second kappa shape index (κ2) is 4.85. The van der Waals surface area contributed by atoms with E-state index in [1.165, 1.54) is 0 Å². The summed E-state index contributed by atoms with van der Waals surface area (Å²) >= 11 is -2.17. The molecular weight excluding hydrogens is 287 g/mol. The van der Waals surface area contributed by atoms with Gasteiger partial charge in [0.05, 0.1) is 0 Å². The average Bonchev–Trinajstić information content (AvgIpc) is 2.47. The number of benzene rings is 3. The van der Waals surface area contributed by atoms with E-state index in [2.05, 4.69) is 12.1 Å². The van der Waals surface area contributed by atoms with Gasteiger partial charge in [-0.3, -0.25) is 0 Å². The van der Waals surface area contributed by atoms with Crippen molar-refractivity contribution in [2.24, 2.45) is 0 Å². The van der Waals surface area contributed by atoms with E-state index in [0.717, 1.165) is 19.7 Å². The van der Waals surface area contributed by atoms with Gasteiger partial charge >= 0.3 is 110 Å². The fourth-order valence-corrected chi connectivity index (χ4v) is 4.64. The van der Waals surface area contributed by atoms with Crippen molar-refractivity contribution >= 4 is 33.5 Å². The molecule has 0 saturated heterocycles. The van der Waals surface area contributed by atoms with Crippen LogP contribution in [0.3, 0.4) is 0 Å². The summed E-state index contributed by atoms with van der Waals surface area (Å²) in [6, 6.07) is 23.8. The standard InChI is InChI=1S/C16H12OSe/c17-18(14-9-2-1-3-10-14)16-12-6-8-13-7-4-5-11-15(13)16/h1-12H. The Morgan fingerprint density at radius 1 is 0.667 bits per heavy atom. The quantitative estimate of drug-likeness (QED) is 0.664. The van der Waals surface area contributed by atoms with Gasteiger partial charge in [0.2, 0.25) is 0 Å². The first-order valence-electron chi connectivity index (χ1n) is 5.81. The molecule has 0 aliphatic rings. The van der Waals surface area contributed by atoms with Gasteiger partial charge in [-0.05, 0) is 0 Å². The molecule has 18 heavy (non-hydrogen) atoms. The zero-order chi connectivity index (χ0) is 12.4. The van der Waals surface area contributed by atoms with Crippen LogP contribution in [0.1, 0.15) is 0 Å². The van der Waals surface area contributed by atoms with Gasteiger partial charge in [0.25, 0.3) is 0 Å². The normalized spacial score (nSPS) is 12.4. The van der Waals surface area contributed by atoms with Crippen molar-refractivity contribution in [1.29, 1.82) is 0 Å². The van der Waals surface area contributed by atoms with E-state index in [1.807, 2.05) is 60.7 Å². The zero-order valence-electron chi connectivity index (χ0n) is 9.74. The van der Waals surface area contributed by atoms with E-state index in [4.69, 9.17) is 0 Å². The molecule has 88 valence electrons. The first-order valence-corrected chi connectivity index (χ1v) is 8.22. The van der Waals surface area contributed by atoms with Crippen molar-refractivity contribution < 1.29 is 3.83 Å². The topological polar surface area (TPSA) is 17.1 Å². The Hall–Kier alpha value is -1.76. The Bertz CT molecular complexity index is 699. The van der Waals surface area contributed by atoms with Crippen molar-refractivity contribution in [3.63, 3.8) is 0 Å². The number of hydrogen-bond acceptors (Lipinski definition) is 1. The fraction of sp³-hybridized carbons (Fsp3) is 0. The van der Waals surface area contributed by atoms with Crippen LogP contribution in [0.25, 0.3) is 10.8 Å². The summed E-state index contributed by atoms with van der Waals surface area (Å²) in [5.41, 5.74) is 0. The second-order valence-corrected chi connectivity index (χ2v) is 7.10. The molecule has 0 aliphatic heterocycles. The maximum absolute atomic E-state index is 12.7. The Morgan fingerprint density at radius 3 is 2.17 bits per heavy atom. The van der Waals surface area contributed by atoms with Crippen LogP contribution in [0.15, 0.2) is 72.8 Å². The molecule has 2 heteroatoms. The van der Waals surface area contributed by atoms with E-state index in [-0.39, 0.29) is 0 Å². The van der Waals surface area contributed by atoms with Crippen molar-refractivity contribution in [2.45, 2.75) is 0 Å². The predicted molar refractivity (Wildman–Crippen MR) is 76.1 cm³/mol. The van der Waals surface area contributed by atoms with Crippen molar-refractivity contribution in [2.75, 3.05) is 0 Å². The van der Waals surface area contributed by atoms with Gasteiger partial charge in [-0.25, -0.2) is 0 Å². The van der Waals surface area contributed by atoms with E-state index in [1.54, 1.807) is 0 Å². The Morgan fingerprint density at radius 2 is 1.33 bits per heavy atom. The van der Waals surface area contributed by atoms with Gasteiger partial charge < -0.3 is 0 Å². The Kier molecular flexibility index (Phi) is 3.06. The van der Waals surface area contributed by atoms with E-state index in [0.29, 0.717) is 0 Å². The molecule has 0 heterocycles. The maximum atomic E-state index is 12.7. The molecule has 0 bridgehead atoms. The molecule has 0 amide bonds. The summed E-state index contributed by atoms with van der Waals surface area (Å²) in [5, 5.41) is 2.25. The summed E-state index contributed by atoms with van der Waals surface area (Å²) < 4.78 is 14.6. The fourth-order valence-electron chi connectivity index (χ4n) is 2.03. The van der Waals surface area contributed by atoms with E-state index >= 15 is 0 Å². The predicted octanol–water partition coefficient (Wildman–Crippen LogP) is 2.38. The van der Waals surface area contributed by atoms with Gasteiger partial charge in [0.1, 0.15) is 0 Å². The molecular formula is C16H12OSe. The molecule has 0 radical (unpaired) electrons. The third kappa shape index (κ3) is 2.01. The van der Waals surface area contributed by atoms with Crippen molar-refractivity contribution in [3.05, 3.63) is 72.8 Å². The first-order chi connectivity index (χ1) is 8.86.